The van der Waals surface area contributed by atoms with Gasteiger partial charge in [-0.25, -0.2) is 4.39 Å². The van der Waals surface area contributed by atoms with Crippen molar-refractivity contribution in [1.29, 1.82) is 0 Å². The number of benzene rings is 1. The van der Waals surface area contributed by atoms with Gasteiger partial charge in [-0.05, 0) is 56.2 Å². The summed E-state index contributed by atoms with van der Waals surface area (Å²) in [6.45, 7) is 7.47. The van der Waals surface area contributed by atoms with Gasteiger partial charge in [0.2, 0.25) is 17.7 Å². The normalized spacial score (nSPS) is 17.3. The Morgan fingerprint density at radius 3 is 2.37 bits per heavy atom. The molecule has 1 saturated heterocycles. The smallest absolute Gasteiger partial charge is 0.305 e. The van der Waals surface area contributed by atoms with Crippen molar-refractivity contribution in [3.8, 4) is 0 Å². The zero-order chi connectivity index (χ0) is 28.2. The van der Waals surface area contributed by atoms with E-state index in [9.17, 15) is 28.4 Å². The van der Waals surface area contributed by atoms with Gasteiger partial charge in [0.25, 0.3) is 0 Å². The molecule has 0 aliphatic carbocycles. The molecule has 1 aromatic rings. The number of hydrogen-bond donors (Lipinski definition) is 3. The Labute approximate surface area is 223 Å². The van der Waals surface area contributed by atoms with E-state index in [0.717, 1.165) is 0 Å². The first-order chi connectivity index (χ1) is 18.0. The molecule has 1 aliphatic heterocycles. The van der Waals surface area contributed by atoms with Crippen LogP contribution in [0.5, 0.6) is 0 Å². The van der Waals surface area contributed by atoms with E-state index >= 15 is 0 Å². The number of rotatable bonds is 15. The minimum atomic E-state index is -0.800. The van der Waals surface area contributed by atoms with Gasteiger partial charge in [0.05, 0.1) is 12.6 Å². The quantitative estimate of drug-likeness (QED) is 0.297. The fourth-order valence-electron chi connectivity index (χ4n) is 4.68. The summed E-state index contributed by atoms with van der Waals surface area (Å²) in [7, 11) is 0. The van der Waals surface area contributed by atoms with E-state index in [4.69, 9.17) is 4.74 Å². The molecule has 1 aliphatic rings. The molecule has 1 aromatic carbocycles. The van der Waals surface area contributed by atoms with Gasteiger partial charge in [0.1, 0.15) is 5.82 Å². The van der Waals surface area contributed by atoms with E-state index < -0.39 is 35.7 Å². The first kappa shape index (κ1) is 30.9. The molecule has 9 nitrogen and oxygen atoms in total. The predicted molar refractivity (Wildman–Crippen MR) is 139 cm³/mol. The number of esters is 1. The summed E-state index contributed by atoms with van der Waals surface area (Å²) < 4.78 is 18.5. The van der Waals surface area contributed by atoms with Crippen LogP contribution in [-0.2, 0) is 35.1 Å². The van der Waals surface area contributed by atoms with Crippen LogP contribution in [0.3, 0.4) is 0 Å². The van der Waals surface area contributed by atoms with Crippen LogP contribution in [0.15, 0.2) is 24.3 Å². The van der Waals surface area contributed by atoms with Gasteiger partial charge in [-0.3, -0.25) is 24.0 Å². The highest BCUT2D eigenvalue weighted by Gasteiger charge is 2.32. The topological polar surface area (TPSA) is 131 Å². The van der Waals surface area contributed by atoms with Crippen LogP contribution in [0.2, 0.25) is 0 Å². The Kier molecular flexibility index (Phi) is 12.4. The van der Waals surface area contributed by atoms with E-state index in [2.05, 4.69) is 16.0 Å². The Bertz CT molecular complexity index is 981. The Balaban J connectivity index is 2.23. The average Bonchev–Trinajstić information content (AvgIpc) is 3.25. The molecule has 0 bridgehead atoms. The second-order valence-electron chi connectivity index (χ2n) is 10.2. The lowest BCUT2D eigenvalue weighted by Gasteiger charge is -2.26. The molecule has 210 valence electrons. The summed E-state index contributed by atoms with van der Waals surface area (Å²) in [5, 5.41) is 8.42. The van der Waals surface area contributed by atoms with E-state index in [1.807, 2.05) is 13.8 Å². The van der Waals surface area contributed by atoms with Crippen molar-refractivity contribution in [2.24, 2.45) is 17.8 Å². The summed E-state index contributed by atoms with van der Waals surface area (Å²) in [5.41, 5.74) is 0.679. The van der Waals surface area contributed by atoms with Crippen molar-refractivity contribution in [2.45, 2.75) is 78.3 Å². The average molecular weight is 534 g/mol. The molecule has 0 radical (unpaired) electrons. The molecule has 1 fully saturated rings. The van der Waals surface area contributed by atoms with Gasteiger partial charge in [0.15, 0.2) is 5.78 Å². The van der Waals surface area contributed by atoms with Crippen molar-refractivity contribution in [1.82, 2.24) is 16.0 Å². The standard InChI is InChI=1S/C28H40FN3O6/c1-5-38-25(35)11-10-23(15-20-12-13-30-27(20)36)32-28(37)21(14-19-6-8-22(29)9-7-19)16-24(34)26(17(2)3)31-18(4)33/h6-9,17,20-21,23,26H,5,10-16H2,1-4H3,(H,30,36)(H,31,33)(H,32,37)/t20-,21+,23+,26-/m0/s1. The molecule has 3 N–H and O–H groups in total. The number of amides is 3. The summed E-state index contributed by atoms with van der Waals surface area (Å²) >= 11 is 0. The van der Waals surface area contributed by atoms with Crippen LogP contribution in [0.4, 0.5) is 4.39 Å². The second kappa shape index (κ2) is 15.2. The summed E-state index contributed by atoms with van der Waals surface area (Å²) in [4.78, 5) is 62.6. The molecular formula is C28H40FN3O6. The number of Topliss-reactive ketones (excluding diaryl/α,β-unsaturated/α-hetero) is 1. The highest BCUT2D eigenvalue weighted by atomic mass is 19.1. The lowest BCUT2D eigenvalue weighted by molar-refractivity contribution is -0.143. The number of ketones is 1. The van der Waals surface area contributed by atoms with Crippen LogP contribution < -0.4 is 16.0 Å². The Hall–Kier alpha value is -3.30. The van der Waals surface area contributed by atoms with Crippen molar-refractivity contribution in [3.63, 3.8) is 0 Å². The zero-order valence-electron chi connectivity index (χ0n) is 22.7. The Morgan fingerprint density at radius 2 is 1.82 bits per heavy atom. The van der Waals surface area contributed by atoms with E-state index in [1.54, 1.807) is 19.1 Å². The SMILES string of the molecule is CCOC(=O)CC[C@H](C[C@@H]1CCNC1=O)NC(=O)[C@@H](CC(=O)[C@@H](NC(C)=O)C(C)C)Cc1ccc(F)cc1. The molecule has 2 rings (SSSR count). The third-order valence-corrected chi connectivity index (χ3v) is 6.67. The molecule has 0 saturated carbocycles. The third kappa shape index (κ3) is 10.2. The Morgan fingerprint density at radius 1 is 1.13 bits per heavy atom. The number of hydrogen-bond acceptors (Lipinski definition) is 6. The van der Waals surface area contributed by atoms with Gasteiger partial charge in [-0.1, -0.05) is 26.0 Å². The van der Waals surface area contributed by atoms with Gasteiger partial charge >= 0.3 is 5.97 Å². The molecule has 38 heavy (non-hydrogen) atoms. The zero-order valence-corrected chi connectivity index (χ0v) is 22.7. The second-order valence-corrected chi connectivity index (χ2v) is 10.2. The maximum Gasteiger partial charge on any atom is 0.305 e. The molecule has 3 amide bonds. The van der Waals surface area contributed by atoms with Crippen LogP contribution in [0.25, 0.3) is 0 Å². The molecule has 10 heteroatoms. The maximum atomic E-state index is 13.6. The van der Waals surface area contributed by atoms with Crippen LogP contribution in [0.1, 0.15) is 65.4 Å². The monoisotopic (exact) mass is 533 g/mol. The van der Waals surface area contributed by atoms with E-state index in [-0.39, 0.29) is 61.7 Å². The van der Waals surface area contributed by atoms with Crippen LogP contribution in [0, 0.1) is 23.6 Å². The summed E-state index contributed by atoms with van der Waals surface area (Å²) in [5.74, 6) is -3.19. The minimum Gasteiger partial charge on any atom is -0.466 e. The number of halogens is 1. The number of carbonyl (C=O) groups excluding carboxylic acids is 5. The lowest BCUT2D eigenvalue weighted by atomic mass is 9.87. The van der Waals surface area contributed by atoms with Crippen molar-refractivity contribution < 1.29 is 33.1 Å². The lowest BCUT2D eigenvalue weighted by Crippen LogP contribution is -2.46. The van der Waals surface area contributed by atoms with E-state index in [1.165, 1.54) is 19.1 Å². The first-order valence-electron chi connectivity index (χ1n) is 13.3. The fraction of sp³-hybridized carbons (Fsp3) is 0.607. The highest BCUT2D eigenvalue weighted by molar-refractivity contribution is 5.92. The van der Waals surface area contributed by atoms with Crippen LogP contribution in [-0.4, -0.2) is 54.7 Å². The molecule has 4 atom stereocenters. The minimum absolute atomic E-state index is 0.0760. The maximum absolute atomic E-state index is 13.6. The number of nitrogens with one attached hydrogen (secondary N) is 3. The van der Waals surface area contributed by atoms with Crippen molar-refractivity contribution in [3.05, 3.63) is 35.6 Å². The number of ether oxygens (including phenoxy) is 1. The molecular weight excluding hydrogens is 493 g/mol. The van der Waals surface area contributed by atoms with Gasteiger partial charge < -0.3 is 20.7 Å². The summed E-state index contributed by atoms with van der Waals surface area (Å²) in [6.07, 6.45) is 1.39. The molecule has 0 spiro atoms. The highest BCUT2D eigenvalue weighted by Crippen LogP contribution is 2.21. The predicted octanol–water partition coefficient (Wildman–Crippen LogP) is 2.46. The fourth-order valence-corrected chi connectivity index (χ4v) is 4.68. The van der Waals surface area contributed by atoms with Gasteiger partial charge in [-0.15, -0.1) is 0 Å². The van der Waals surface area contributed by atoms with E-state index in [0.29, 0.717) is 24.9 Å². The molecule has 1 heterocycles. The summed E-state index contributed by atoms with van der Waals surface area (Å²) in [6, 6.07) is 4.48. The van der Waals surface area contributed by atoms with Crippen molar-refractivity contribution >= 4 is 29.5 Å². The molecule has 0 unspecified atom stereocenters. The van der Waals surface area contributed by atoms with Gasteiger partial charge in [0, 0.05) is 44.2 Å². The first-order valence-corrected chi connectivity index (χ1v) is 13.3. The molecule has 0 aromatic heterocycles. The third-order valence-electron chi connectivity index (χ3n) is 6.67. The van der Waals surface area contributed by atoms with Crippen LogP contribution >= 0.6 is 0 Å². The van der Waals surface area contributed by atoms with Gasteiger partial charge in [-0.2, -0.15) is 0 Å². The number of carbonyl (C=O) groups is 5. The largest absolute Gasteiger partial charge is 0.466 e. The van der Waals surface area contributed by atoms with Crippen molar-refractivity contribution in [2.75, 3.05) is 13.2 Å².